The van der Waals surface area contributed by atoms with Crippen LogP contribution >= 0.6 is 0 Å². The zero-order chi connectivity index (χ0) is 10.9. The maximum atomic E-state index is 10.6. The standard InChI is InChI=1S/C6H6N2O5S.K/c7-4-1-2-6(14(11,12)13)5(3-4)8(9)10;/h1-3H,7H2,(H,11,12,13);/q;+1/p-1. The Kier molecular flexibility index (Phi) is 5.33. The summed E-state index contributed by atoms with van der Waals surface area (Å²) in [6.45, 7) is 0. The first kappa shape index (κ1) is 15.0. The van der Waals surface area contributed by atoms with E-state index < -0.39 is 25.6 Å². The topological polar surface area (TPSA) is 126 Å². The van der Waals surface area contributed by atoms with Crippen LogP contribution in [0.3, 0.4) is 0 Å². The summed E-state index contributed by atoms with van der Waals surface area (Å²) in [7, 11) is -4.84. The van der Waals surface area contributed by atoms with E-state index >= 15 is 0 Å². The van der Waals surface area contributed by atoms with Crippen molar-refractivity contribution in [2.75, 3.05) is 5.73 Å². The molecule has 1 rings (SSSR count). The molecule has 0 heterocycles. The third-order valence-corrected chi connectivity index (χ3v) is 2.33. The summed E-state index contributed by atoms with van der Waals surface area (Å²) in [6.07, 6.45) is 0. The molecular weight excluding hydrogens is 251 g/mol. The molecule has 0 unspecified atom stereocenters. The van der Waals surface area contributed by atoms with Crippen LogP contribution in [-0.2, 0) is 10.1 Å². The van der Waals surface area contributed by atoms with E-state index in [-0.39, 0.29) is 57.1 Å². The molecular formula is C6H5KN2O5S. The van der Waals surface area contributed by atoms with Gasteiger partial charge in [0.25, 0.3) is 5.69 Å². The quantitative estimate of drug-likeness (QED) is 0.199. The number of rotatable bonds is 2. The van der Waals surface area contributed by atoms with Crippen LogP contribution < -0.4 is 57.1 Å². The normalized spacial score (nSPS) is 10.5. The Hall–Kier alpha value is -0.0336. The van der Waals surface area contributed by atoms with Crippen LogP contribution in [0.5, 0.6) is 0 Å². The number of nitrogen functional groups attached to an aromatic ring is 1. The Balaban J connectivity index is 0.00000196. The predicted octanol–water partition coefficient (Wildman–Crippen LogP) is -2.91. The maximum absolute atomic E-state index is 10.6. The van der Waals surface area contributed by atoms with E-state index in [1.165, 1.54) is 0 Å². The van der Waals surface area contributed by atoms with Gasteiger partial charge in [-0.2, -0.15) is 0 Å². The van der Waals surface area contributed by atoms with Crippen molar-refractivity contribution in [3.05, 3.63) is 28.3 Å². The number of benzene rings is 1. The maximum Gasteiger partial charge on any atom is 1.00 e. The molecule has 0 aromatic heterocycles. The van der Waals surface area contributed by atoms with Gasteiger partial charge in [-0.05, 0) is 12.1 Å². The van der Waals surface area contributed by atoms with Crippen LogP contribution in [0.4, 0.5) is 11.4 Å². The van der Waals surface area contributed by atoms with Crippen molar-refractivity contribution in [1.82, 2.24) is 0 Å². The SMILES string of the molecule is Nc1ccc(S(=O)(=O)[O-])c([N+](=O)[O-])c1.[K+]. The molecule has 0 amide bonds. The van der Waals surface area contributed by atoms with Gasteiger partial charge in [-0.3, -0.25) is 10.1 Å². The number of nitro groups is 1. The summed E-state index contributed by atoms with van der Waals surface area (Å²) in [6, 6.07) is 2.75. The third kappa shape index (κ3) is 3.79. The van der Waals surface area contributed by atoms with Crippen molar-refractivity contribution in [3.8, 4) is 0 Å². The molecule has 0 aliphatic rings. The van der Waals surface area contributed by atoms with Crippen LogP contribution in [0.2, 0.25) is 0 Å². The summed E-state index contributed by atoms with van der Waals surface area (Å²) in [5, 5.41) is 10.4. The number of nitrogens with two attached hydrogens (primary N) is 1. The molecule has 0 spiro atoms. The fourth-order valence-electron chi connectivity index (χ4n) is 0.888. The molecule has 0 aliphatic heterocycles. The Morgan fingerprint density at radius 2 is 1.87 bits per heavy atom. The molecule has 0 atom stereocenters. The second kappa shape index (κ2) is 5.34. The van der Waals surface area contributed by atoms with Gasteiger partial charge in [0.15, 0.2) is 0 Å². The molecule has 15 heavy (non-hydrogen) atoms. The van der Waals surface area contributed by atoms with Gasteiger partial charge in [0.2, 0.25) is 0 Å². The zero-order valence-corrected chi connectivity index (χ0v) is 11.6. The number of hydrogen-bond donors (Lipinski definition) is 1. The van der Waals surface area contributed by atoms with Crippen LogP contribution in [0.15, 0.2) is 23.1 Å². The molecule has 9 heteroatoms. The number of nitro benzene ring substituents is 1. The molecule has 76 valence electrons. The largest absolute Gasteiger partial charge is 1.00 e. The van der Waals surface area contributed by atoms with Gasteiger partial charge in [-0.25, -0.2) is 8.42 Å². The van der Waals surface area contributed by atoms with Gasteiger partial charge in [0, 0.05) is 11.8 Å². The molecule has 2 N–H and O–H groups in total. The fourth-order valence-corrected chi connectivity index (χ4v) is 1.51. The van der Waals surface area contributed by atoms with Gasteiger partial charge >= 0.3 is 51.4 Å². The first-order valence-electron chi connectivity index (χ1n) is 3.32. The summed E-state index contributed by atoms with van der Waals surface area (Å²) < 4.78 is 31.7. The monoisotopic (exact) mass is 256 g/mol. The van der Waals surface area contributed by atoms with Crippen molar-refractivity contribution in [3.63, 3.8) is 0 Å². The van der Waals surface area contributed by atoms with Gasteiger partial charge in [0.05, 0.1) is 4.92 Å². The predicted molar refractivity (Wildman–Crippen MR) is 45.5 cm³/mol. The summed E-state index contributed by atoms with van der Waals surface area (Å²) >= 11 is 0. The molecule has 0 saturated heterocycles. The molecule has 0 aliphatic carbocycles. The molecule has 1 aromatic rings. The van der Waals surface area contributed by atoms with Crippen molar-refractivity contribution in [2.24, 2.45) is 0 Å². The summed E-state index contributed by atoms with van der Waals surface area (Å²) in [4.78, 5) is 8.52. The van der Waals surface area contributed by atoms with E-state index in [0.29, 0.717) is 0 Å². The summed E-state index contributed by atoms with van der Waals surface area (Å²) in [5.74, 6) is 0. The number of nitrogens with zero attached hydrogens (tertiary/aromatic N) is 1. The smallest absolute Gasteiger partial charge is 0.744 e. The van der Waals surface area contributed by atoms with Gasteiger partial charge < -0.3 is 10.3 Å². The zero-order valence-electron chi connectivity index (χ0n) is 7.71. The average molecular weight is 256 g/mol. The third-order valence-electron chi connectivity index (χ3n) is 1.45. The van der Waals surface area contributed by atoms with Crippen LogP contribution in [0, 0.1) is 10.1 Å². The average Bonchev–Trinajstić information content (AvgIpc) is 2.01. The molecule has 0 radical (unpaired) electrons. The van der Waals surface area contributed by atoms with E-state index in [9.17, 15) is 23.1 Å². The van der Waals surface area contributed by atoms with Crippen LogP contribution in [0.25, 0.3) is 0 Å². The van der Waals surface area contributed by atoms with E-state index in [1.807, 2.05) is 0 Å². The molecule has 7 nitrogen and oxygen atoms in total. The minimum absolute atomic E-state index is 0. The summed E-state index contributed by atoms with van der Waals surface area (Å²) in [5.41, 5.74) is 4.42. The fraction of sp³-hybridized carbons (Fsp3) is 0. The van der Waals surface area contributed by atoms with Gasteiger partial charge in [0.1, 0.15) is 15.0 Å². The minimum atomic E-state index is -4.84. The second-order valence-electron chi connectivity index (χ2n) is 2.44. The van der Waals surface area contributed by atoms with E-state index in [0.717, 1.165) is 18.2 Å². The molecule has 1 aromatic carbocycles. The number of hydrogen-bond acceptors (Lipinski definition) is 6. The Bertz CT molecular complexity index is 486. The second-order valence-corrected chi connectivity index (χ2v) is 3.79. The Morgan fingerprint density at radius 1 is 1.33 bits per heavy atom. The van der Waals surface area contributed by atoms with Crippen molar-refractivity contribution in [1.29, 1.82) is 0 Å². The van der Waals surface area contributed by atoms with Crippen LogP contribution in [0.1, 0.15) is 0 Å². The molecule has 0 saturated carbocycles. The van der Waals surface area contributed by atoms with Crippen molar-refractivity contribution >= 4 is 21.5 Å². The molecule has 0 bridgehead atoms. The van der Waals surface area contributed by atoms with Gasteiger partial charge in [-0.1, -0.05) is 0 Å². The first-order valence-corrected chi connectivity index (χ1v) is 4.73. The van der Waals surface area contributed by atoms with E-state index in [4.69, 9.17) is 5.73 Å². The van der Waals surface area contributed by atoms with Crippen molar-refractivity contribution in [2.45, 2.75) is 4.90 Å². The minimum Gasteiger partial charge on any atom is -0.744 e. The van der Waals surface area contributed by atoms with E-state index in [1.54, 1.807) is 0 Å². The molecule has 0 fully saturated rings. The Morgan fingerprint density at radius 3 is 2.27 bits per heavy atom. The number of anilines is 1. The van der Waals surface area contributed by atoms with E-state index in [2.05, 4.69) is 0 Å². The van der Waals surface area contributed by atoms with Crippen molar-refractivity contribution < 1.29 is 69.3 Å². The van der Waals surface area contributed by atoms with Gasteiger partial charge in [-0.15, -0.1) is 0 Å². The first-order chi connectivity index (χ1) is 6.32. The van der Waals surface area contributed by atoms with Crippen LogP contribution in [-0.4, -0.2) is 17.9 Å². The Labute approximate surface area is 128 Å².